The van der Waals surface area contributed by atoms with E-state index in [4.69, 9.17) is 5.73 Å². The maximum Gasteiger partial charge on any atom is 0.0285 e. The van der Waals surface area contributed by atoms with Crippen LogP contribution in [0.2, 0.25) is 0 Å². The first-order valence-corrected chi connectivity index (χ1v) is 7.84. The predicted molar refractivity (Wildman–Crippen MR) is 83.1 cm³/mol. The van der Waals surface area contributed by atoms with Crippen molar-refractivity contribution in [1.82, 2.24) is 0 Å². The molecule has 0 amide bonds. The number of nitrogens with two attached hydrogens (primary N) is 1. The van der Waals surface area contributed by atoms with E-state index in [1.807, 2.05) is 6.07 Å². The van der Waals surface area contributed by atoms with E-state index in [0.717, 1.165) is 23.7 Å². The molecule has 0 aliphatic heterocycles. The lowest BCUT2D eigenvalue weighted by Crippen LogP contribution is -2.43. The van der Waals surface area contributed by atoms with Crippen LogP contribution in [-0.2, 0) is 12.8 Å². The van der Waals surface area contributed by atoms with Crippen LogP contribution in [0, 0.1) is 0 Å². The zero-order valence-electron chi connectivity index (χ0n) is 10.5. The quantitative estimate of drug-likeness (QED) is 0.866. The van der Waals surface area contributed by atoms with Crippen molar-refractivity contribution in [2.45, 2.75) is 31.7 Å². The fourth-order valence-electron chi connectivity index (χ4n) is 2.11. The second-order valence-corrected chi connectivity index (χ2v) is 6.70. The lowest BCUT2D eigenvalue weighted by molar-refractivity contribution is 0.407. The van der Waals surface area contributed by atoms with Gasteiger partial charge in [0.1, 0.15) is 0 Å². The number of rotatable bonds is 5. The molecular weight excluding hydrogens is 306 g/mol. The highest BCUT2D eigenvalue weighted by Crippen LogP contribution is 2.26. The van der Waals surface area contributed by atoms with Crippen molar-refractivity contribution in [3.63, 3.8) is 0 Å². The molecular formula is C15H18BrNS. The summed E-state index contributed by atoms with van der Waals surface area (Å²) in [4.78, 5) is 1.35. The van der Waals surface area contributed by atoms with Gasteiger partial charge in [0.25, 0.3) is 0 Å². The van der Waals surface area contributed by atoms with Gasteiger partial charge < -0.3 is 5.73 Å². The van der Waals surface area contributed by atoms with Crippen molar-refractivity contribution in [2.75, 3.05) is 0 Å². The molecule has 0 bridgehead atoms. The predicted octanol–water partition coefficient (Wildman–Crippen LogP) is 4.40. The number of hydrogen-bond donors (Lipinski definition) is 1. The average molecular weight is 324 g/mol. The average Bonchev–Trinajstić information content (AvgIpc) is 2.75. The van der Waals surface area contributed by atoms with E-state index in [9.17, 15) is 0 Å². The summed E-state index contributed by atoms with van der Waals surface area (Å²) in [5, 5.41) is 2.12. The van der Waals surface area contributed by atoms with Crippen LogP contribution in [0.25, 0.3) is 0 Å². The molecule has 0 radical (unpaired) electrons. The smallest absolute Gasteiger partial charge is 0.0285 e. The molecule has 1 unspecified atom stereocenters. The fourth-order valence-corrected chi connectivity index (χ4v) is 3.71. The summed E-state index contributed by atoms with van der Waals surface area (Å²) in [5.41, 5.74) is 7.73. The normalized spacial score (nSPS) is 14.4. The van der Waals surface area contributed by atoms with Gasteiger partial charge in [-0.15, -0.1) is 11.3 Å². The second-order valence-electron chi connectivity index (χ2n) is 4.79. The summed E-state index contributed by atoms with van der Waals surface area (Å²) >= 11 is 5.27. The third-order valence-corrected chi connectivity index (χ3v) is 4.95. The number of hydrogen-bond acceptors (Lipinski definition) is 2. The Bertz CT molecular complexity index is 494. The second kappa shape index (κ2) is 6.00. The minimum Gasteiger partial charge on any atom is -0.324 e. The number of thiophene rings is 1. The molecule has 3 heteroatoms. The van der Waals surface area contributed by atoms with Crippen molar-refractivity contribution in [3.05, 3.63) is 56.7 Å². The van der Waals surface area contributed by atoms with Crippen LogP contribution >= 0.6 is 27.3 Å². The summed E-state index contributed by atoms with van der Waals surface area (Å²) in [5.74, 6) is 0. The van der Waals surface area contributed by atoms with Gasteiger partial charge in [-0.1, -0.05) is 37.3 Å². The Labute approximate surface area is 121 Å². The molecule has 0 saturated heterocycles. The highest BCUT2D eigenvalue weighted by atomic mass is 79.9. The van der Waals surface area contributed by atoms with E-state index in [-0.39, 0.29) is 5.54 Å². The molecule has 0 fully saturated rings. The van der Waals surface area contributed by atoms with Crippen LogP contribution in [0.3, 0.4) is 0 Å². The molecule has 0 aliphatic carbocycles. The third kappa shape index (κ3) is 3.67. The Morgan fingerprint density at radius 3 is 2.50 bits per heavy atom. The lowest BCUT2D eigenvalue weighted by atomic mass is 9.85. The Balaban J connectivity index is 2.10. The molecule has 1 aromatic carbocycles. The minimum atomic E-state index is -0.147. The summed E-state index contributed by atoms with van der Waals surface area (Å²) < 4.78 is 1.15. The Hall–Kier alpha value is -0.640. The van der Waals surface area contributed by atoms with Crippen LogP contribution in [0.5, 0.6) is 0 Å². The maximum atomic E-state index is 6.56. The maximum absolute atomic E-state index is 6.56. The lowest BCUT2D eigenvalue weighted by Gasteiger charge is -2.28. The number of halogens is 1. The van der Waals surface area contributed by atoms with Crippen molar-refractivity contribution in [3.8, 4) is 0 Å². The Morgan fingerprint density at radius 2 is 1.94 bits per heavy atom. The zero-order chi connectivity index (χ0) is 13.0. The molecule has 0 spiro atoms. The van der Waals surface area contributed by atoms with E-state index >= 15 is 0 Å². The van der Waals surface area contributed by atoms with Crippen molar-refractivity contribution in [1.29, 1.82) is 0 Å². The molecule has 18 heavy (non-hydrogen) atoms. The highest BCUT2D eigenvalue weighted by Gasteiger charge is 2.24. The van der Waals surface area contributed by atoms with Gasteiger partial charge in [0.2, 0.25) is 0 Å². The summed E-state index contributed by atoms with van der Waals surface area (Å²) in [6, 6.07) is 12.7. The molecule has 2 N–H and O–H groups in total. The van der Waals surface area contributed by atoms with E-state index in [1.165, 1.54) is 10.4 Å². The largest absolute Gasteiger partial charge is 0.324 e. The first-order chi connectivity index (χ1) is 8.61. The zero-order valence-corrected chi connectivity index (χ0v) is 12.9. The van der Waals surface area contributed by atoms with E-state index in [2.05, 4.69) is 58.6 Å². The molecule has 1 heterocycles. The van der Waals surface area contributed by atoms with Gasteiger partial charge in [0.05, 0.1) is 0 Å². The van der Waals surface area contributed by atoms with Crippen molar-refractivity contribution in [2.24, 2.45) is 5.73 Å². The third-order valence-electron chi connectivity index (χ3n) is 3.25. The minimum absolute atomic E-state index is 0.147. The molecule has 2 rings (SSSR count). The molecule has 96 valence electrons. The van der Waals surface area contributed by atoms with Crippen LogP contribution in [-0.4, -0.2) is 5.54 Å². The van der Waals surface area contributed by atoms with Gasteiger partial charge in [0, 0.05) is 26.7 Å². The van der Waals surface area contributed by atoms with Crippen LogP contribution in [0.15, 0.2) is 46.3 Å². The van der Waals surface area contributed by atoms with Gasteiger partial charge in [-0.2, -0.15) is 0 Å². The molecule has 0 saturated carbocycles. The SMILES string of the molecule is CCC(N)(Cc1ccccc1)Cc1cc(Br)cs1. The van der Waals surface area contributed by atoms with E-state index in [0.29, 0.717) is 0 Å². The van der Waals surface area contributed by atoms with Gasteiger partial charge in [0.15, 0.2) is 0 Å². The summed E-state index contributed by atoms with van der Waals surface area (Å²) in [7, 11) is 0. The molecule has 1 nitrogen and oxygen atoms in total. The van der Waals surface area contributed by atoms with Gasteiger partial charge in [-0.3, -0.25) is 0 Å². The van der Waals surface area contributed by atoms with Crippen molar-refractivity contribution >= 4 is 27.3 Å². The van der Waals surface area contributed by atoms with E-state index in [1.54, 1.807) is 11.3 Å². The highest BCUT2D eigenvalue weighted by molar-refractivity contribution is 9.10. The molecule has 2 aromatic rings. The standard InChI is InChI=1S/C15H18BrNS/c1-2-15(17,9-12-6-4-3-5-7-12)10-14-8-13(16)11-18-14/h3-8,11H,2,9-10,17H2,1H3. The van der Waals surface area contributed by atoms with Crippen molar-refractivity contribution < 1.29 is 0 Å². The summed E-state index contributed by atoms with van der Waals surface area (Å²) in [6.45, 7) is 2.17. The topological polar surface area (TPSA) is 26.0 Å². The first-order valence-electron chi connectivity index (χ1n) is 6.17. The van der Waals surface area contributed by atoms with Gasteiger partial charge in [-0.05, 0) is 40.4 Å². The fraction of sp³-hybridized carbons (Fsp3) is 0.333. The van der Waals surface area contributed by atoms with Crippen LogP contribution in [0.4, 0.5) is 0 Å². The van der Waals surface area contributed by atoms with Gasteiger partial charge >= 0.3 is 0 Å². The number of benzene rings is 1. The van der Waals surface area contributed by atoms with Gasteiger partial charge in [-0.25, -0.2) is 0 Å². The monoisotopic (exact) mass is 323 g/mol. The first kappa shape index (κ1) is 13.8. The molecule has 1 aromatic heterocycles. The Morgan fingerprint density at radius 1 is 1.22 bits per heavy atom. The van der Waals surface area contributed by atoms with Crippen LogP contribution in [0.1, 0.15) is 23.8 Å². The molecule has 1 atom stereocenters. The summed E-state index contributed by atoms with van der Waals surface area (Å²) in [6.07, 6.45) is 2.85. The van der Waals surface area contributed by atoms with E-state index < -0.39 is 0 Å². The Kier molecular flexibility index (Phi) is 4.60. The van der Waals surface area contributed by atoms with Crippen LogP contribution < -0.4 is 5.73 Å². The molecule has 0 aliphatic rings.